The molecule has 0 aliphatic heterocycles. The Kier molecular flexibility index (Phi) is 7.57. The van der Waals surface area contributed by atoms with E-state index in [9.17, 15) is 0 Å². The van der Waals surface area contributed by atoms with Crippen LogP contribution in [-0.2, 0) is 10.8 Å². The van der Waals surface area contributed by atoms with E-state index in [0.29, 0.717) is 41.4 Å². The molecular formula is C51H34N6. The van der Waals surface area contributed by atoms with Gasteiger partial charge in [0.25, 0.3) is 0 Å². The summed E-state index contributed by atoms with van der Waals surface area (Å²) in [6, 6.07) is 67.0. The molecule has 2 aliphatic rings. The first-order valence-corrected chi connectivity index (χ1v) is 19.3. The van der Waals surface area contributed by atoms with Crippen molar-refractivity contribution in [2.24, 2.45) is 0 Å². The molecule has 57 heavy (non-hydrogen) atoms. The topological polar surface area (TPSA) is 77.3 Å². The average molecular weight is 731 g/mol. The molecule has 0 radical (unpaired) electrons. The molecule has 2 bridgehead atoms. The van der Waals surface area contributed by atoms with Gasteiger partial charge in [0.2, 0.25) is 0 Å². The van der Waals surface area contributed by atoms with Gasteiger partial charge in [0, 0.05) is 22.3 Å². The molecule has 0 N–H and O–H groups in total. The molecule has 2 heterocycles. The van der Waals surface area contributed by atoms with Crippen LogP contribution in [0.5, 0.6) is 0 Å². The minimum absolute atomic E-state index is 0.618. The van der Waals surface area contributed by atoms with Crippen molar-refractivity contribution >= 4 is 0 Å². The van der Waals surface area contributed by atoms with E-state index in [2.05, 4.69) is 133 Å². The number of aromatic nitrogens is 6. The van der Waals surface area contributed by atoms with Crippen molar-refractivity contribution in [3.8, 4) is 56.7 Å². The van der Waals surface area contributed by atoms with Gasteiger partial charge >= 0.3 is 0 Å². The standard InChI is InChI=1S/C51H34N6/c1-5-18-34(19-6-1)38-26-17-27-39(32-38)47-53-46(37-24-11-4-12-25-37)56-49(57-47)51-33-50(40-28-13-15-30-42(40)51,41-29-14-16-31-43(41)51)48-54-44(35-20-7-2-8-21-35)52-45(55-48)36-22-9-3-10-23-36/h1-32H,33H2. The van der Waals surface area contributed by atoms with Crippen LogP contribution in [0.3, 0.4) is 0 Å². The first kappa shape index (κ1) is 32.9. The molecule has 9 aromatic rings. The monoisotopic (exact) mass is 730 g/mol. The van der Waals surface area contributed by atoms with Gasteiger partial charge in [-0.05, 0) is 45.9 Å². The lowest BCUT2D eigenvalue weighted by Gasteiger charge is -2.32. The van der Waals surface area contributed by atoms with Gasteiger partial charge in [0.05, 0.1) is 10.8 Å². The highest BCUT2D eigenvalue weighted by atomic mass is 15.1. The molecule has 6 nitrogen and oxygen atoms in total. The second-order valence-corrected chi connectivity index (χ2v) is 14.7. The van der Waals surface area contributed by atoms with Gasteiger partial charge in [-0.1, -0.05) is 188 Å². The van der Waals surface area contributed by atoms with Crippen LogP contribution in [0.25, 0.3) is 56.7 Å². The van der Waals surface area contributed by atoms with Gasteiger partial charge in [0.15, 0.2) is 23.3 Å². The van der Waals surface area contributed by atoms with Gasteiger partial charge in [0.1, 0.15) is 11.6 Å². The Morgan fingerprint density at radius 2 is 0.561 bits per heavy atom. The zero-order valence-corrected chi connectivity index (χ0v) is 30.9. The van der Waals surface area contributed by atoms with Crippen LogP contribution >= 0.6 is 0 Å². The van der Waals surface area contributed by atoms with Crippen LogP contribution in [0.15, 0.2) is 194 Å². The minimum Gasteiger partial charge on any atom is -0.212 e. The Bertz CT molecular complexity index is 2830. The Morgan fingerprint density at radius 1 is 0.263 bits per heavy atom. The van der Waals surface area contributed by atoms with Crippen LogP contribution in [0, 0.1) is 0 Å². The lowest BCUT2D eigenvalue weighted by molar-refractivity contribution is 0.517. The number of benzene rings is 7. The fraction of sp³-hybridized carbons (Fsp3) is 0.0588. The summed E-state index contributed by atoms with van der Waals surface area (Å²) in [5, 5.41) is 0. The van der Waals surface area contributed by atoms with Gasteiger partial charge in [-0.2, -0.15) is 0 Å². The molecule has 0 saturated carbocycles. The summed E-state index contributed by atoms with van der Waals surface area (Å²) in [5.74, 6) is 3.95. The molecule has 0 saturated heterocycles. The second-order valence-electron chi connectivity index (χ2n) is 14.7. The molecule has 0 spiro atoms. The first-order valence-electron chi connectivity index (χ1n) is 19.3. The highest BCUT2D eigenvalue weighted by Crippen LogP contribution is 2.67. The van der Waals surface area contributed by atoms with Crippen molar-refractivity contribution in [3.63, 3.8) is 0 Å². The van der Waals surface area contributed by atoms with E-state index >= 15 is 0 Å². The minimum atomic E-state index is -0.724. The van der Waals surface area contributed by atoms with Crippen molar-refractivity contribution in [1.29, 1.82) is 0 Å². The molecule has 11 rings (SSSR count). The van der Waals surface area contributed by atoms with Crippen LogP contribution < -0.4 is 0 Å². The smallest absolute Gasteiger partial charge is 0.163 e. The van der Waals surface area contributed by atoms with Gasteiger partial charge in [-0.25, -0.2) is 29.9 Å². The second kappa shape index (κ2) is 13.1. The van der Waals surface area contributed by atoms with E-state index in [0.717, 1.165) is 55.6 Å². The van der Waals surface area contributed by atoms with E-state index in [1.54, 1.807) is 0 Å². The number of hydrogen-bond acceptors (Lipinski definition) is 6. The number of rotatable bonds is 7. The maximum atomic E-state index is 5.49. The highest BCUT2D eigenvalue weighted by Gasteiger charge is 2.65. The molecule has 268 valence electrons. The maximum Gasteiger partial charge on any atom is 0.163 e. The third-order valence-electron chi connectivity index (χ3n) is 11.6. The SMILES string of the molecule is c1ccc(-c2cccc(-c3nc(-c4ccccc4)nc(C45CC(c6nc(-c7ccccc7)nc(-c7ccccc7)n6)(c6ccccc64)c4ccccc45)n3)c2)cc1. The zero-order valence-electron chi connectivity index (χ0n) is 30.9. The van der Waals surface area contributed by atoms with E-state index in [-0.39, 0.29) is 0 Å². The fourth-order valence-electron chi connectivity index (χ4n) is 9.04. The van der Waals surface area contributed by atoms with Crippen molar-refractivity contribution in [1.82, 2.24) is 29.9 Å². The molecule has 0 unspecified atom stereocenters. The molecule has 2 aromatic heterocycles. The third-order valence-corrected chi connectivity index (χ3v) is 11.6. The Morgan fingerprint density at radius 3 is 0.947 bits per heavy atom. The molecule has 0 atom stereocenters. The van der Waals surface area contributed by atoms with Crippen LogP contribution in [0.4, 0.5) is 0 Å². The molecule has 7 aromatic carbocycles. The summed E-state index contributed by atoms with van der Waals surface area (Å²) in [6.07, 6.45) is 0.618. The maximum absolute atomic E-state index is 5.49. The van der Waals surface area contributed by atoms with Gasteiger partial charge in [-0.15, -0.1) is 0 Å². The van der Waals surface area contributed by atoms with Gasteiger partial charge in [-0.3, -0.25) is 0 Å². The largest absolute Gasteiger partial charge is 0.212 e. The molecule has 2 aliphatic carbocycles. The zero-order chi connectivity index (χ0) is 37.8. The van der Waals surface area contributed by atoms with E-state index in [4.69, 9.17) is 29.9 Å². The van der Waals surface area contributed by atoms with Crippen molar-refractivity contribution in [2.75, 3.05) is 0 Å². The van der Waals surface area contributed by atoms with Crippen molar-refractivity contribution in [2.45, 2.75) is 17.3 Å². The van der Waals surface area contributed by atoms with Crippen LogP contribution in [0.1, 0.15) is 40.3 Å². The van der Waals surface area contributed by atoms with Crippen molar-refractivity contribution in [3.05, 3.63) is 228 Å². The highest BCUT2D eigenvalue weighted by molar-refractivity contribution is 5.75. The Hall–Kier alpha value is -7.44. The lowest BCUT2D eigenvalue weighted by atomic mass is 9.71. The fourth-order valence-corrected chi connectivity index (χ4v) is 9.04. The quantitative estimate of drug-likeness (QED) is 0.162. The van der Waals surface area contributed by atoms with Crippen LogP contribution in [0.2, 0.25) is 0 Å². The van der Waals surface area contributed by atoms with Gasteiger partial charge < -0.3 is 0 Å². The summed E-state index contributed by atoms with van der Waals surface area (Å²) < 4.78 is 0. The van der Waals surface area contributed by atoms with E-state index in [1.807, 2.05) is 60.7 Å². The first-order chi connectivity index (χ1) is 28.2. The molecular weight excluding hydrogens is 697 g/mol. The van der Waals surface area contributed by atoms with E-state index < -0.39 is 10.8 Å². The predicted octanol–water partition coefficient (Wildman–Crippen LogP) is 10.8. The predicted molar refractivity (Wildman–Crippen MR) is 224 cm³/mol. The molecule has 6 heteroatoms. The summed E-state index contributed by atoms with van der Waals surface area (Å²) in [5.41, 5.74) is 9.15. The summed E-state index contributed by atoms with van der Waals surface area (Å²) in [4.78, 5) is 32.0. The summed E-state index contributed by atoms with van der Waals surface area (Å²) in [7, 11) is 0. The normalized spacial score (nSPS) is 17.5. The third kappa shape index (κ3) is 5.18. The van der Waals surface area contributed by atoms with Crippen molar-refractivity contribution < 1.29 is 0 Å². The summed E-state index contributed by atoms with van der Waals surface area (Å²) in [6.45, 7) is 0. The Balaban J connectivity index is 1.18. The molecule has 0 amide bonds. The lowest BCUT2D eigenvalue weighted by Crippen LogP contribution is -2.30. The average Bonchev–Trinajstić information content (AvgIpc) is 3.80. The molecule has 0 fully saturated rings. The number of hydrogen-bond donors (Lipinski definition) is 0. The van der Waals surface area contributed by atoms with Crippen LogP contribution in [-0.4, -0.2) is 29.9 Å². The Labute approximate surface area is 330 Å². The number of nitrogens with zero attached hydrogens (tertiary/aromatic N) is 6. The number of fused-ring (bicyclic) bond motifs is 8. The van der Waals surface area contributed by atoms with E-state index in [1.165, 1.54) is 0 Å². The summed E-state index contributed by atoms with van der Waals surface area (Å²) >= 11 is 0.